The van der Waals surface area contributed by atoms with E-state index in [1.807, 2.05) is 0 Å². The average molecular weight is 238 g/mol. The summed E-state index contributed by atoms with van der Waals surface area (Å²) in [6, 6.07) is 21.9. The molecular weight excluding hydrogens is 216 g/mol. The smallest absolute Gasteiger partial charge is 0.0200 e. The third-order valence-corrected chi connectivity index (χ3v) is 3.93. The number of rotatable bonds is 5. The van der Waals surface area contributed by atoms with Crippen LogP contribution in [0.2, 0.25) is 0 Å². The van der Waals surface area contributed by atoms with E-state index in [1.54, 1.807) is 0 Å². The lowest BCUT2D eigenvalue weighted by molar-refractivity contribution is 0.450. The Hall–Kier alpha value is -1.56. The molecule has 0 aliphatic heterocycles. The second-order valence-electron chi connectivity index (χ2n) is 4.92. The van der Waals surface area contributed by atoms with E-state index in [0.29, 0.717) is 0 Å². The predicted octanol–water partition coefficient (Wildman–Crippen LogP) is 5.18. The molecular formula is C18H22. The third kappa shape index (κ3) is 2.33. The van der Waals surface area contributed by atoms with Crippen molar-refractivity contribution in [1.82, 2.24) is 0 Å². The van der Waals surface area contributed by atoms with Crippen LogP contribution in [0.3, 0.4) is 0 Å². The molecule has 0 aliphatic carbocycles. The summed E-state index contributed by atoms with van der Waals surface area (Å²) < 4.78 is 0. The van der Waals surface area contributed by atoms with Crippen LogP contribution in [0.1, 0.15) is 44.2 Å². The first kappa shape index (κ1) is 12.9. The number of benzene rings is 2. The van der Waals surface area contributed by atoms with Crippen molar-refractivity contribution in [2.24, 2.45) is 0 Å². The molecule has 18 heavy (non-hydrogen) atoms. The Morgan fingerprint density at radius 1 is 0.722 bits per heavy atom. The first-order valence-corrected chi connectivity index (χ1v) is 6.94. The van der Waals surface area contributed by atoms with Gasteiger partial charge in [0.2, 0.25) is 0 Å². The number of hydrogen-bond acceptors (Lipinski definition) is 0. The van der Waals surface area contributed by atoms with Gasteiger partial charge in [-0.1, -0.05) is 80.9 Å². The van der Waals surface area contributed by atoms with Crippen LogP contribution in [-0.2, 0) is 5.41 Å². The van der Waals surface area contributed by atoms with Crippen molar-refractivity contribution >= 4 is 0 Å². The second-order valence-corrected chi connectivity index (χ2v) is 4.92. The van der Waals surface area contributed by atoms with E-state index in [9.17, 15) is 0 Å². The second kappa shape index (κ2) is 5.86. The average Bonchev–Trinajstić information content (AvgIpc) is 2.47. The van der Waals surface area contributed by atoms with E-state index in [-0.39, 0.29) is 5.41 Å². The maximum Gasteiger partial charge on any atom is 0.0200 e. The molecule has 0 nitrogen and oxygen atoms in total. The summed E-state index contributed by atoms with van der Waals surface area (Å²) in [7, 11) is 0. The molecule has 2 aromatic carbocycles. The summed E-state index contributed by atoms with van der Waals surface area (Å²) >= 11 is 0. The highest BCUT2D eigenvalue weighted by molar-refractivity contribution is 5.39. The zero-order chi connectivity index (χ0) is 12.8. The first-order chi connectivity index (χ1) is 8.83. The maximum atomic E-state index is 2.30. The lowest BCUT2D eigenvalue weighted by Gasteiger charge is -2.34. The molecule has 0 saturated heterocycles. The van der Waals surface area contributed by atoms with Gasteiger partial charge in [0.05, 0.1) is 0 Å². The first-order valence-electron chi connectivity index (χ1n) is 6.94. The number of hydrogen-bond donors (Lipinski definition) is 0. The fraction of sp³-hybridized carbons (Fsp3) is 0.333. The summed E-state index contributed by atoms with van der Waals surface area (Å²) in [5.74, 6) is 0. The molecule has 0 spiro atoms. The Kier molecular flexibility index (Phi) is 4.19. The Balaban J connectivity index is 2.53. The van der Waals surface area contributed by atoms with Crippen molar-refractivity contribution < 1.29 is 0 Å². The van der Waals surface area contributed by atoms with E-state index >= 15 is 0 Å². The zero-order valence-electron chi connectivity index (χ0n) is 11.4. The van der Waals surface area contributed by atoms with Gasteiger partial charge in [0.1, 0.15) is 0 Å². The van der Waals surface area contributed by atoms with Gasteiger partial charge in [-0.3, -0.25) is 0 Å². The van der Waals surface area contributed by atoms with Crippen molar-refractivity contribution in [3.63, 3.8) is 0 Å². The molecule has 0 bridgehead atoms. The molecule has 0 heterocycles. The highest BCUT2D eigenvalue weighted by Crippen LogP contribution is 2.39. The quantitative estimate of drug-likeness (QED) is 0.673. The van der Waals surface area contributed by atoms with Gasteiger partial charge in [-0.05, 0) is 24.0 Å². The predicted molar refractivity (Wildman–Crippen MR) is 78.9 cm³/mol. The van der Waals surface area contributed by atoms with Gasteiger partial charge < -0.3 is 0 Å². The highest BCUT2D eigenvalue weighted by atomic mass is 14.3. The minimum Gasteiger partial charge on any atom is -0.0653 e. The molecule has 0 heteroatoms. The molecule has 2 aromatic rings. The van der Waals surface area contributed by atoms with E-state index in [0.717, 1.165) is 6.42 Å². The van der Waals surface area contributed by atoms with Crippen molar-refractivity contribution in [2.45, 2.75) is 38.5 Å². The minimum atomic E-state index is 0.178. The van der Waals surface area contributed by atoms with Crippen LogP contribution < -0.4 is 0 Å². The lowest BCUT2D eigenvalue weighted by Crippen LogP contribution is -2.26. The third-order valence-electron chi connectivity index (χ3n) is 3.93. The van der Waals surface area contributed by atoms with Crippen molar-refractivity contribution in [3.8, 4) is 0 Å². The lowest BCUT2D eigenvalue weighted by atomic mass is 9.69. The summed E-state index contributed by atoms with van der Waals surface area (Å²) in [5.41, 5.74) is 3.07. The summed E-state index contributed by atoms with van der Waals surface area (Å²) in [6.45, 7) is 4.58. The largest absolute Gasteiger partial charge is 0.0653 e. The van der Waals surface area contributed by atoms with E-state index in [4.69, 9.17) is 0 Å². The Bertz CT molecular complexity index is 416. The van der Waals surface area contributed by atoms with Gasteiger partial charge >= 0.3 is 0 Å². The van der Waals surface area contributed by atoms with Gasteiger partial charge in [-0.2, -0.15) is 0 Å². The normalized spacial score (nSPS) is 11.4. The van der Waals surface area contributed by atoms with Gasteiger partial charge in [0.15, 0.2) is 0 Å². The summed E-state index contributed by atoms with van der Waals surface area (Å²) in [4.78, 5) is 0. The molecule has 0 unspecified atom stereocenters. The molecule has 94 valence electrons. The van der Waals surface area contributed by atoms with E-state index in [2.05, 4.69) is 74.5 Å². The van der Waals surface area contributed by atoms with E-state index in [1.165, 1.54) is 24.0 Å². The Morgan fingerprint density at radius 3 is 1.50 bits per heavy atom. The highest BCUT2D eigenvalue weighted by Gasteiger charge is 2.30. The molecule has 0 N–H and O–H groups in total. The van der Waals surface area contributed by atoms with Crippen LogP contribution in [0.4, 0.5) is 0 Å². The molecule has 2 rings (SSSR count). The molecule has 0 radical (unpaired) electrons. The monoisotopic (exact) mass is 238 g/mol. The fourth-order valence-electron chi connectivity index (χ4n) is 2.98. The molecule has 0 saturated carbocycles. The van der Waals surface area contributed by atoms with Crippen LogP contribution >= 0.6 is 0 Å². The van der Waals surface area contributed by atoms with Crippen LogP contribution in [0.5, 0.6) is 0 Å². The molecule has 0 fully saturated rings. The van der Waals surface area contributed by atoms with Crippen LogP contribution in [-0.4, -0.2) is 0 Å². The standard InChI is InChI=1S/C18H22/c1-3-15-18(4-2,16-11-7-5-8-12-16)17-13-9-6-10-14-17/h5-14H,3-4,15H2,1-2H3. The van der Waals surface area contributed by atoms with Crippen molar-refractivity contribution in [1.29, 1.82) is 0 Å². The van der Waals surface area contributed by atoms with Gasteiger partial charge in [0.25, 0.3) is 0 Å². The zero-order valence-corrected chi connectivity index (χ0v) is 11.4. The van der Waals surface area contributed by atoms with Crippen LogP contribution in [0.15, 0.2) is 60.7 Å². The van der Waals surface area contributed by atoms with Crippen LogP contribution in [0.25, 0.3) is 0 Å². The SMILES string of the molecule is CCCC(CC)(c1ccccc1)c1ccccc1. The summed E-state index contributed by atoms with van der Waals surface area (Å²) in [6.07, 6.45) is 3.56. The summed E-state index contributed by atoms with van der Waals surface area (Å²) in [5, 5.41) is 0. The van der Waals surface area contributed by atoms with E-state index < -0.39 is 0 Å². The van der Waals surface area contributed by atoms with Crippen molar-refractivity contribution in [3.05, 3.63) is 71.8 Å². The van der Waals surface area contributed by atoms with Gasteiger partial charge in [-0.15, -0.1) is 0 Å². The topological polar surface area (TPSA) is 0 Å². The van der Waals surface area contributed by atoms with Crippen molar-refractivity contribution in [2.75, 3.05) is 0 Å². The van der Waals surface area contributed by atoms with Crippen LogP contribution in [0, 0.1) is 0 Å². The molecule has 0 aliphatic rings. The maximum absolute atomic E-state index is 2.30. The van der Waals surface area contributed by atoms with Gasteiger partial charge in [-0.25, -0.2) is 0 Å². The van der Waals surface area contributed by atoms with Gasteiger partial charge in [0, 0.05) is 5.41 Å². The molecule has 0 amide bonds. The molecule has 0 atom stereocenters. The molecule has 0 aromatic heterocycles. The Labute approximate surface area is 111 Å². The Morgan fingerprint density at radius 2 is 1.17 bits per heavy atom. The minimum absolute atomic E-state index is 0.178. The fourth-order valence-corrected chi connectivity index (χ4v) is 2.98.